The summed E-state index contributed by atoms with van der Waals surface area (Å²) in [7, 11) is 4.80. The van der Waals surface area contributed by atoms with Gasteiger partial charge in [-0.3, -0.25) is 48.1 Å². The maximum atomic E-state index is 14.2. The van der Waals surface area contributed by atoms with Crippen LogP contribution in [0.25, 0.3) is 32.9 Å². The molecule has 0 unspecified atom stereocenters. The van der Waals surface area contributed by atoms with E-state index in [-0.39, 0.29) is 88.8 Å². The summed E-state index contributed by atoms with van der Waals surface area (Å²) in [5, 5.41) is 20.7. The molecule has 0 bridgehead atoms. The quantitative estimate of drug-likeness (QED) is 0.0148. The molecule has 7 aromatic rings. The molecule has 10 amide bonds. The number of nitrogens with one attached hydrogen (secondary N) is 8. The van der Waals surface area contributed by atoms with E-state index in [9.17, 15) is 47.9 Å². The predicted molar refractivity (Wildman–Crippen MR) is 477 cm³/mol. The zero-order chi connectivity index (χ0) is 91.3. The molecule has 4 aromatic carbocycles. The van der Waals surface area contributed by atoms with Gasteiger partial charge in [0.25, 0.3) is 5.56 Å². The molecular weight excluding hydrogens is 1670 g/mol. The number of methoxy groups -OCH3 is 2. The fraction of sp³-hybridized carbons (Fsp3) is 0.516. The second-order valence-corrected chi connectivity index (χ2v) is 31.8. The Morgan fingerprint density at radius 3 is 1.91 bits per heavy atom. The number of carbonyl (C=O) groups excluding carboxylic acids is 9. The van der Waals surface area contributed by atoms with Crippen LogP contribution < -0.4 is 68.8 Å². The number of pyridine rings is 1. The molecule has 0 radical (unpaired) electrons. The van der Waals surface area contributed by atoms with Crippen molar-refractivity contribution < 1.29 is 95.3 Å². The van der Waals surface area contributed by atoms with Crippen LogP contribution in [0.5, 0.6) is 5.75 Å². The van der Waals surface area contributed by atoms with Crippen LogP contribution in [-0.2, 0) is 105 Å². The number of rotatable bonds is 54. The number of fused-ring (bicyclic) bond motifs is 2. The Hall–Kier alpha value is -11.4. The van der Waals surface area contributed by atoms with Gasteiger partial charge in [-0.25, -0.2) is 19.7 Å². The number of nitrogens with zero attached hydrogens (tertiary/aromatic N) is 7. The number of hydrogen-bond acceptors (Lipinski definition) is 27. The Balaban J connectivity index is 0.656. The lowest BCUT2D eigenvalue weighted by Gasteiger charge is -2.45. The summed E-state index contributed by atoms with van der Waals surface area (Å²) in [6.45, 7) is 9.07. The topological polar surface area (TPSA) is 468 Å². The van der Waals surface area contributed by atoms with Gasteiger partial charge in [-0.15, -0.1) is 0 Å². The number of ether oxygens (including phenoxy) is 11. The number of piperidine rings is 2. The average Bonchev–Trinajstić information content (AvgIpc) is 1.66. The Labute approximate surface area is 749 Å². The van der Waals surface area contributed by atoms with Gasteiger partial charge in [0.2, 0.25) is 53.2 Å². The number of carbonyl (C=O) groups is 9. The van der Waals surface area contributed by atoms with Crippen molar-refractivity contribution in [3.05, 3.63) is 148 Å². The number of urea groups is 1. The first kappa shape index (κ1) is 98.2. The maximum Gasteiger partial charge on any atom is 0.332 e. The van der Waals surface area contributed by atoms with Crippen molar-refractivity contribution in [2.24, 2.45) is 18.5 Å². The highest BCUT2D eigenvalue weighted by atomic mass is 16.6. The lowest BCUT2D eigenvalue weighted by molar-refractivity contribution is -0.134. The van der Waals surface area contributed by atoms with Crippen LogP contribution in [0.15, 0.2) is 120 Å². The number of aromatic amines is 1. The first-order valence-corrected chi connectivity index (χ1v) is 43.7. The summed E-state index contributed by atoms with van der Waals surface area (Å²) in [6.07, 6.45) is 7.67. The zero-order valence-corrected chi connectivity index (χ0v) is 73.8. The van der Waals surface area contributed by atoms with Gasteiger partial charge in [-0.05, 0) is 98.5 Å². The molecule has 4 fully saturated rings. The van der Waals surface area contributed by atoms with E-state index in [1.807, 2.05) is 66.9 Å². The van der Waals surface area contributed by atoms with Crippen LogP contribution in [0.4, 0.5) is 16.4 Å². The molecule has 38 heteroatoms. The lowest BCUT2D eigenvalue weighted by Crippen LogP contribution is -2.57. The number of anilines is 2. The summed E-state index contributed by atoms with van der Waals surface area (Å²) in [5.41, 5.74) is 14.8. The highest BCUT2D eigenvalue weighted by molar-refractivity contribution is 6.07. The number of amides is 10. The number of likely N-dealkylation sites (tertiary alicyclic amines) is 1. The van der Waals surface area contributed by atoms with Crippen LogP contribution >= 0.6 is 0 Å². The molecule has 1 aliphatic carbocycles. The predicted octanol–water partition coefficient (Wildman–Crippen LogP) is 2.13. The fourth-order valence-electron chi connectivity index (χ4n) is 15.2. The molecule has 11 rings (SSSR count). The second kappa shape index (κ2) is 50.5. The average molecular weight is 1790 g/mol. The molecule has 3 aromatic heterocycles. The molecule has 12 N–H and O–H groups in total. The van der Waals surface area contributed by atoms with E-state index in [2.05, 4.69) is 70.8 Å². The standard InChI is InChI=1S/C91H121N17O21/c1-90(99-30-11-14-64-17-22-76(120-4)75(53-64)107-34-26-82(114)108(89(107)118)61-97-86(116)74(55-77(93)109)100-78(110)27-37-121-40-41-123-44-45-125-48-49-127-51-50-126-47-46-124-43-42-122-39-38-119-3)28-35-105(36-29-90)67-24-32-106(33-25-67)88-102-72-21-18-65(71-59-104(2)87(117)83-69(71)23-31-94-83)54-70(72)84(103-88)91(129-68-19-20-68,66-15-9-6-10-16-66)60-128-62-98-80(112)57-96-85(115)73(52-63-12-7-5-8-13-63)101-81(113)58-95-79(111)56-92/h5-10,12-13,15-18,21-23,31,53-54,59,67-68,73-74,94,99H,19-20,24-30,32-52,55-58,60-62,92H2,1-4H3,(H2,93,109)(H,95,111)(H,96,115)(H,97,116)(H,98,112)(H,100,110)(H,101,113)/t73-,74-,91-/m0/s1. The molecule has 38 nitrogen and oxygen atoms in total. The van der Waals surface area contributed by atoms with Crippen molar-refractivity contribution in [1.29, 1.82) is 0 Å². The van der Waals surface area contributed by atoms with Gasteiger partial charge < -0.3 is 120 Å². The Morgan fingerprint density at radius 1 is 0.643 bits per heavy atom. The van der Waals surface area contributed by atoms with Gasteiger partial charge in [-0.1, -0.05) is 78.6 Å². The van der Waals surface area contributed by atoms with Gasteiger partial charge in [0, 0.05) is 112 Å². The van der Waals surface area contributed by atoms with Crippen LogP contribution in [-0.4, -0.2) is 305 Å². The number of nitrogens with two attached hydrogens (primary N) is 2. The molecule has 3 atom stereocenters. The Kier molecular flexibility index (Phi) is 38.4. The van der Waals surface area contributed by atoms with E-state index in [4.69, 9.17) is 73.5 Å². The van der Waals surface area contributed by atoms with E-state index < -0.39 is 97.2 Å². The normalized spacial score (nSPS) is 15.8. The van der Waals surface area contributed by atoms with Gasteiger partial charge in [0.05, 0.1) is 168 Å². The summed E-state index contributed by atoms with van der Waals surface area (Å²) in [4.78, 5) is 153. The van der Waals surface area contributed by atoms with Gasteiger partial charge in [0.1, 0.15) is 36.7 Å². The third kappa shape index (κ3) is 29.6. The van der Waals surface area contributed by atoms with E-state index in [1.165, 1.54) is 12.0 Å². The molecule has 0 spiro atoms. The summed E-state index contributed by atoms with van der Waals surface area (Å²) < 4.78 is 64.4. The van der Waals surface area contributed by atoms with Crippen molar-refractivity contribution in [3.63, 3.8) is 0 Å². The van der Waals surface area contributed by atoms with Crippen LogP contribution in [0.2, 0.25) is 0 Å². The smallest absolute Gasteiger partial charge is 0.332 e. The van der Waals surface area contributed by atoms with Crippen molar-refractivity contribution >= 4 is 86.7 Å². The fourth-order valence-corrected chi connectivity index (χ4v) is 15.2. The minimum absolute atomic E-state index is 0.00664. The summed E-state index contributed by atoms with van der Waals surface area (Å²) >= 11 is 0. The maximum absolute atomic E-state index is 14.2. The molecule has 129 heavy (non-hydrogen) atoms. The van der Waals surface area contributed by atoms with Crippen molar-refractivity contribution in [2.75, 3.05) is 202 Å². The molecule has 1 saturated carbocycles. The van der Waals surface area contributed by atoms with Crippen molar-refractivity contribution in [3.8, 4) is 28.7 Å². The second-order valence-electron chi connectivity index (χ2n) is 31.8. The molecule has 4 aliphatic rings. The largest absolute Gasteiger partial charge is 0.495 e. The number of aryl methyl sites for hydroxylation is 1. The minimum Gasteiger partial charge on any atom is -0.495 e. The third-order valence-electron chi connectivity index (χ3n) is 22.5. The summed E-state index contributed by atoms with van der Waals surface area (Å²) in [6, 6.07) is 28.9. The van der Waals surface area contributed by atoms with Gasteiger partial charge in [0.15, 0.2) is 5.60 Å². The monoisotopic (exact) mass is 1790 g/mol. The third-order valence-corrected chi connectivity index (χ3v) is 22.5. The van der Waals surface area contributed by atoms with Gasteiger partial charge in [-0.2, -0.15) is 0 Å². The Bertz CT molecular complexity index is 5000. The lowest BCUT2D eigenvalue weighted by atomic mass is 9.87. The number of imide groups is 1. The van der Waals surface area contributed by atoms with E-state index in [1.54, 1.807) is 67.4 Å². The van der Waals surface area contributed by atoms with E-state index >= 15 is 0 Å². The number of aromatic nitrogens is 4. The van der Waals surface area contributed by atoms with Crippen LogP contribution in [0.3, 0.4) is 0 Å². The van der Waals surface area contributed by atoms with Crippen LogP contribution in [0, 0.1) is 11.8 Å². The highest BCUT2D eigenvalue weighted by Crippen LogP contribution is 2.44. The van der Waals surface area contributed by atoms with E-state index in [0.29, 0.717) is 144 Å². The van der Waals surface area contributed by atoms with Crippen molar-refractivity contribution in [1.82, 2.24) is 66.5 Å². The SMILES string of the molecule is COCCOCCOCCOCCOCCOCCOCCOCCC(=O)N[C@@H](CC(N)=O)C(=O)NCN1C(=O)CCN(c2cc(C#CCNC3(C)CCN(C4CCN(c5nc([C@@](COCNC(=O)CNC(=O)[C@H](Cc6ccccc6)NC(=O)CNC(=O)CN)(OC6CC6)c6ccccc6)c6cc(-c7cn(C)c(=O)c8[nH]ccc78)ccc6n5)CC4)CC3)ccc2OC)C1=O. The molecular formula is C91H121N17O21. The minimum atomic E-state index is -1.42. The molecule has 6 heterocycles. The highest BCUT2D eigenvalue weighted by Gasteiger charge is 2.46. The number of benzene rings is 4. The van der Waals surface area contributed by atoms with Gasteiger partial charge >= 0.3 is 6.03 Å². The van der Waals surface area contributed by atoms with E-state index in [0.717, 1.165) is 84.2 Å². The Morgan fingerprint density at radius 2 is 1.27 bits per heavy atom. The molecule has 3 aliphatic heterocycles. The number of H-pyrrole nitrogens is 1. The van der Waals surface area contributed by atoms with Crippen molar-refractivity contribution in [2.45, 2.75) is 107 Å². The first-order valence-electron chi connectivity index (χ1n) is 43.7. The molecule has 696 valence electrons. The van der Waals surface area contributed by atoms with Crippen LogP contribution in [0.1, 0.15) is 87.1 Å². The number of hydrogen-bond donors (Lipinski definition) is 10. The summed E-state index contributed by atoms with van der Waals surface area (Å²) in [5.74, 6) is 2.13. The zero-order valence-electron chi connectivity index (χ0n) is 73.8. The number of primary amides is 1. The molecule has 3 saturated heterocycles. The first-order chi connectivity index (χ1) is 62.6.